The summed E-state index contributed by atoms with van der Waals surface area (Å²) in [4.78, 5) is 14.7. The first kappa shape index (κ1) is 15.1. The number of hydrogen-bond acceptors (Lipinski definition) is 3. The monoisotopic (exact) mass is 309 g/mol. The van der Waals surface area contributed by atoms with Crippen molar-refractivity contribution >= 4 is 17.9 Å². The van der Waals surface area contributed by atoms with Crippen molar-refractivity contribution in [3.05, 3.63) is 48.3 Å². The molecule has 4 rings (SSSR count). The molecule has 0 aliphatic heterocycles. The largest absolute Gasteiger partial charge is 0.508 e. The molecule has 5 nitrogen and oxygen atoms in total. The lowest BCUT2D eigenvalue weighted by Crippen LogP contribution is -1.92. The van der Waals surface area contributed by atoms with Crippen molar-refractivity contribution in [3.8, 4) is 16.9 Å². The van der Waals surface area contributed by atoms with Crippen LogP contribution in [-0.2, 0) is 4.79 Å². The normalized spacial score (nSPS) is 12.4. The molecular formula is C18H19N3O2. The number of fused-ring (bicyclic) bond motifs is 1. The molecule has 1 aliphatic rings. The Labute approximate surface area is 134 Å². The van der Waals surface area contributed by atoms with Gasteiger partial charge in [0, 0.05) is 6.20 Å². The summed E-state index contributed by atoms with van der Waals surface area (Å²) in [6.07, 6.45) is 8.76. The van der Waals surface area contributed by atoms with E-state index in [1.165, 1.54) is 19.3 Å². The smallest absolute Gasteiger partial charge is 0.212 e. The van der Waals surface area contributed by atoms with E-state index in [0.29, 0.717) is 12.2 Å². The van der Waals surface area contributed by atoms with Gasteiger partial charge in [0.1, 0.15) is 11.4 Å². The van der Waals surface area contributed by atoms with Gasteiger partial charge in [0.25, 0.3) is 0 Å². The highest BCUT2D eigenvalue weighted by molar-refractivity contribution is 5.72. The topological polar surface area (TPSA) is 66.6 Å². The van der Waals surface area contributed by atoms with Gasteiger partial charge >= 0.3 is 0 Å². The number of aromatic hydroxyl groups is 1. The van der Waals surface area contributed by atoms with Gasteiger partial charge in [-0.3, -0.25) is 4.79 Å². The Kier molecular flexibility index (Phi) is 4.28. The molecule has 0 unspecified atom stereocenters. The molecule has 5 heteroatoms. The maximum absolute atomic E-state index is 10.4. The van der Waals surface area contributed by atoms with E-state index in [4.69, 9.17) is 0 Å². The van der Waals surface area contributed by atoms with E-state index in [1.54, 1.807) is 18.3 Å². The first-order valence-corrected chi connectivity index (χ1v) is 7.66. The van der Waals surface area contributed by atoms with Crippen molar-refractivity contribution in [1.29, 1.82) is 0 Å². The fraction of sp³-hybridized carbons (Fsp3) is 0.222. The van der Waals surface area contributed by atoms with Crippen LogP contribution in [-0.4, -0.2) is 20.9 Å². The molecule has 1 fully saturated rings. The molecule has 118 valence electrons. The SMILES string of the molecule is C1CC1.Cc1ccc(O)cc1-c1ccc2nc(NC=O)cn2c1. The van der Waals surface area contributed by atoms with Gasteiger partial charge < -0.3 is 14.8 Å². The van der Waals surface area contributed by atoms with Crippen LogP contribution in [0.1, 0.15) is 24.8 Å². The van der Waals surface area contributed by atoms with Crippen molar-refractivity contribution in [2.45, 2.75) is 26.2 Å². The number of anilines is 1. The standard InChI is InChI=1S/C15H13N3O2.C3H6/c1-10-2-4-12(20)6-13(10)11-3-5-15-17-14(16-9-19)8-18(15)7-11;1-2-3-1/h2-9,20H,1H3,(H,16,19);1-3H2. The van der Waals surface area contributed by atoms with Crippen molar-refractivity contribution in [2.75, 3.05) is 5.32 Å². The average molecular weight is 309 g/mol. The molecule has 2 aromatic heterocycles. The summed E-state index contributed by atoms with van der Waals surface area (Å²) in [6.45, 7) is 1.99. The van der Waals surface area contributed by atoms with Crippen LogP contribution in [0.5, 0.6) is 5.75 Å². The van der Waals surface area contributed by atoms with E-state index < -0.39 is 0 Å². The molecule has 1 amide bonds. The Bertz CT molecular complexity index is 835. The van der Waals surface area contributed by atoms with Crippen LogP contribution < -0.4 is 5.32 Å². The first-order valence-electron chi connectivity index (χ1n) is 7.66. The Morgan fingerprint density at radius 1 is 1.17 bits per heavy atom. The average Bonchev–Trinajstić information content (AvgIpc) is 3.36. The van der Waals surface area contributed by atoms with Crippen molar-refractivity contribution < 1.29 is 9.90 Å². The van der Waals surface area contributed by atoms with Gasteiger partial charge in [0.15, 0.2) is 5.82 Å². The number of nitrogens with one attached hydrogen (secondary N) is 1. The summed E-state index contributed by atoms with van der Waals surface area (Å²) in [5.74, 6) is 0.740. The Morgan fingerprint density at radius 2 is 1.96 bits per heavy atom. The molecule has 2 N–H and O–H groups in total. The predicted octanol–water partition coefficient (Wildman–Crippen LogP) is 3.75. The molecule has 0 bridgehead atoms. The highest BCUT2D eigenvalue weighted by atomic mass is 16.3. The zero-order valence-corrected chi connectivity index (χ0v) is 13.0. The number of imidazole rings is 1. The molecule has 0 saturated heterocycles. The molecular weight excluding hydrogens is 290 g/mol. The van der Waals surface area contributed by atoms with Gasteiger partial charge in [-0.1, -0.05) is 25.3 Å². The number of rotatable bonds is 3. The van der Waals surface area contributed by atoms with Crippen LogP contribution in [0.3, 0.4) is 0 Å². The van der Waals surface area contributed by atoms with Crippen LogP contribution in [0.25, 0.3) is 16.8 Å². The fourth-order valence-electron chi connectivity index (χ4n) is 2.20. The van der Waals surface area contributed by atoms with Gasteiger partial charge in [-0.05, 0) is 47.9 Å². The summed E-state index contributed by atoms with van der Waals surface area (Å²) in [6, 6.07) is 9.09. The van der Waals surface area contributed by atoms with Gasteiger partial charge in [0.2, 0.25) is 6.41 Å². The molecule has 3 aromatic rings. The van der Waals surface area contributed by atoms with Crippen LogP contribution in [0.2, 0.25) is 0 Å². The molecule has 23 heavy (non-hydrogen) atoms. The number of pyridine rings is 1. The Balaban J connectivity index is 0.000000468. The van der Waals surface area contributed by atoms with E-state index >= 15 is 0 Å². The second-order valence-electron chi connectivity index (χ2n) is 5.63. The number of carbonyl (C=O) groups excluding carboxylic acids is 1. The summed E-state index contributed by atoms with van der Waals surface area (Å²) in [7, 11) is 0. The number of benzene rings is 1. The third kappa shape index (κ3) is 3.69. The second kappa shape index (κ2) is 6.52. The lowest BCUT2D eigenvalue weighted by atomic mass is 10.0. The zero-order chi connectivity index (χ0) is 16.2. The Morgan fingerprint density at radius 3 is 2.65 bits per heavy atom. The summed E-state index contributed by atoms with van der Waals surface area (Å²) in [5, 5.41) is 12.1. The minimum absolute atomic E-state index is 0.236. The maximum Gasteiger partial charge on any atom is 0.212 e. The number of phenols is 1. The van der Waals surface area contributed by atoms with E-state index in [0.717, 1.165) is 22.3 Å². The van der Waals surface area contributed by atoms with Gasteiger partial charge in [-0.15, -0.1) is 0 Å². The number of phenolic OH excluding ortho intramolecular Hbond substituents is 1. The lowest BCUT2D eigenvalue weighted by Gasteiger charge is -2.07. The van der Waals surface area contributed by atoms with Crippen LogP contribution in [0.4, 0.5) is 5.82 Å². The molecule has 0 atom stereocenters. The van der Waals surface area contributed by atoms with Gasteiger partial charge in [0.05, 0.1) is 6.20 Å². The van der Waals surface area contributed by atoms with Gasteiger partial charge in [-0.25, -0.2) is 4.98 Å². The number of nitrogens with zero attached hydrogens (tertiary/aromatic N) is 2. The second-order valence-corrected chi connectivity index (χ2v) is 5.63. The predicted molar refractivity (Wildman–Crippen MR) is 90.6 cm³/mol. The van der Waals surface area contributed by atoms with Gasteiger partial charge in [-0.2, -0.15) is 0 Å². The zero-order valence-electron chi connectivity index (χ0n) is 13.0. The van der Waals surface area contributed by atoms with Crippen LogP contribution >= 0.6 is 0 Å². The van der Waals surface area contributed by atoms with E-state index in [1.807, 2.05) is 35.7 Å². The Hall–Kier alpha value is -2.82. The molecule has 2 heterocycles. The fourth-order valence-corrected chi connectivity index (χ4v) is 2.20. The minimum atomic E-state index is 0.236. The molecule has 0 spiro atoms. The van der Waals surface area contributed by atoms with E-state index in [9.17, 15) is 9.90 Å². The molecule has 1 aliphatic carbocycles. The minimum Gasteiger partial charge on any atom is -0.508 e. The third-order valence-electron chi connectivity index (χ3n) is 3.54. The van der Waals surface area contributed by atoms with Crippen LogP contribution in [0.15, 0.2) is 42.7 Å². The lowest BCUT2D eigenvalue weighted by molar-refractivity contribution is -0.105. The number of aryl methyl sites for hydroxylation is 1. The van der Waals surface area contributed by atoms with Crippen molar-refractivity contribution in [1.82, 2.24) is 9.38 Å². The molecule has 0 radical (unpaired) electrons. The number of aromatic nitrogens is 2. The molecule has 1 saturated carbocycles. The van der Waals surface area contributed by atoms with Crippen molar-refractivity contribution in [2.24, 2.45) is 0 Å². The summed E-state index contributed by atoms with van der Waals surface area (Å²) >= 11 is 0. The maximum atomic E-state index is 10.4. The first-order chi connectivity index (χ1) is 11.2. The van der Waals surface area contributed by atoms with E-state index in [2.05, 4.69) is 10.3 Å². The quantitative estimate of drug-likeness (QED) is 0.724. The number of carbonyl (C=O) groups is 1. The van der Waals surface area contributed by atoms with E-state index in [-0.39, 0.29) is 5.75 Å². The number of hydrogen-bond donors (Lipinski definition) is 2. The highest BCUT2D eigenvalue weighted by Gasteiger charge is 2.06. The molecule has 1 aromatic carbocycles. The van der Waals surface area contributed by atoms with Crippen molar-refractivity contribution in [3.63, 3.8) is 0 Å². The highest BCUT2D eigenvalue weighted by Crippen LogP contribution is 2.27. The summed E-state index contributed by atoms with van der Waals surface area (Å²) in [5.41, 5.74) is 3.76. The third-order valence-corrected chi connectivity index (χ3v) is 3.54. The summed E-state index contributed by atoms with van der Waals surface area (Å²) < 4.78 is 1.84. The number of amides is 1. The van der Waals surface area contributed by atoms with Crippen LogP contribution in [0, 0.1) is 6.92 Å².